The van der Waals surface area contributed by atoms with Crippen molar-refractivity contribution in [2.45, 2.75) is 38.9 Å². The lowest BCUT2D eigenvalue weighted by Crippen LogP contribution is -2.23. The molecule has 116 valence electrons. The highest BCUT2D eigenvalue weighted by Gasteiger charge is 2.28. The van der Waals surface area contributed by atoms with Gasteiger partial charge >= 0.3 is 0 Å². The van der Waals surface area contributed by atoms with E-state index in [-0.39, 0.29) is 11.2 Å². The fourth-order valence-electron chi connectivity index (χ4n) is 3.00. The smallest absolute Gasteiger partial charge is 0.223 e. The minimum absolute atomic E-state index is 0.0996. The zero-order valence-corrected chi connectivity index (χ0v) is 13.1. The fourth-order valence-corrected chi connectivity index (χ4v) is 3.00. The quantitative estimate of drug-likeness (QED) is 0.923. The number of hydrogen-bond acceptors (Lipinski definition) is 3. The van der Waals surface area contributed by atoms with Gasteiger partial charge in [-0.3, -0.25) is 9.69 Å². The monoisotopic (exact) mass is 298 g/mol. The average Bonchev–Trinajstić information content (AvgIpc) is 3.30. The normalized spacial score (nSPS) is 14.5. The van der Waals surface area contributed by atoms with Crippen LogP contribution in [0.4, 0.5) is 0 Å². The molecule has 1 aromatic carbocycles. The van der Waals surface area contributed by atoms with Gasteiger partial charge < -0.3 is 9.67 Å². The molecule has 0 spiro atoms. The first-order valence-corrected chi connectivity index (χ1v) is 7.72. The molecule has 0 amide bonds. The number of hydrogen-bond donors (Lipinski definition) is 1. The molecule has 22 heavy (non-hydrogen) atoms. The van der Waals surface area contributed by atoms with Crippen LogP contribution in [0.25, 0.3) is 0 Å². The fraction of sp³-hybridized carbons (Fsp3) is 0.389. The van der Waals surface area contributed by atoms with Crippen molar-refractivity contribution in [3.05, 3.63) is 63.6 Å². The highest BCUT2D eigenvalue weighted by Crippen LogP contribution is 2.38. The van der Waals surface area contributed by atoms with E-state index in [4.69, 9.17) is 0 Å². The van der Waals surface area contributed by atoms with Crippen molar-refractivity contribution in [2.75, 3.05) is 7.05 Å². The summed E-state index contributed by atoms with van der Waals surface area (Å²) in [6.07, 6.45) is 2.25. The molecular formula is C18H22N2O2. The molecule has 0 saturated heterocycles. The first kappa shape index (κ1) is 14.9. The molecule has 0 atom stereocenters. The van der Waals surface area contributed by atoms with E-state index < -0.39 is 0 Å². The Bertz CT molecular complexity index is 718. The molecule has 0 bridgehead atoms. The van der Waals surface area contributed by atoms with Crippen LogP contribution in [0.3, 0.4) is 0 Å². The van der Waals surface area contributed by atoms with E-state index >= 15 is 0 Å². The summed E-state index contributed by atoms with van der Waals surface area (Å²) in [5, 5.41) is 10.2. The summed E-state index contributed by atoms with van der Waals surface area (Å²) in [4.78, 5) is 14.0. The Morgan fingerprint density at radius 1 is 1.23 bits per heavy atom. The third-order valence-electron chi connectivity index (χ3n) is 4.14. The summed E-state index contributed by atoms with van der Waals surface area (Å²) in [6.45, 7) is 3.29. The maximum absolute atomic E-state index is 11.9. The summed E-state index contributed by atoms with van der Waals surface area (Å²) < 4.78 is 2.14. The lowest BCUT2D eigenvalue weighted by atomic mass is 10.2. The van der Waals surface area contributed by atoms with Crippen molar-refractivity contribution in [1.29, 1.82) is 0 Å². The molecule has 1 heterocycles. The minimum Gasteiger partial charge on any atom is -0.503 e. The summed E-state index contributed by atoms with van der Waals surface area (Å²) in [6, 6.07) is 12.2. The average molecular weight is 298 g/mol. The molecule has 4 nitrogen and oxygen atoms in total. The Balaban J connectivity index is 1.86. The van der Waals surface area contributed by atoms with Crippen LogP contribution >= 0.6 is 0 Å². The van der Waals surface area contributed by atoms with Gasteiger partial charge in [0.2, 0.25) is 5.43 Å². The first-order valence-electron chi connectivity index (χ1n) is 7.72. The Kier molecular flexibility index (Phi) is 4.03. The summed E-state index contributed by atoms with van der Waals surface area (Å²) >= 11 is 0. The highest BCUT2D eigenvalue weighted by molar-refractivity contribution is 5.31. The summed E-state index contributed by atoms with van der Waals surface area (Å²) in [7, 11) is 2.01. The van der Waals surface area contributed by atoms with E-state index in [1.54, 1.807) is 0 Å². The van der Waals surface area contributed by atoms with Crippen LogP contribution in [0.1, 0.15) is 35.8 Å². The molecule has 2 aromatic rings. The highest BCUT2D eigenvalue weighted by atomic mass is 16.3. The van der Waals surface area contributed by atoms with E-state index in [1.165, 1.54) is 11.6 Å². The van der Waals surface area contributed by atoms with Gasteiger partial charge in [0.1, 0.15) is 0 Å². The number of aromatic hydroxyl groups is 1. The molecule has 1 fully saturated rings. The molecule has 3 rings (SSSR count). The Labute approximate surface area is 130 Å². The predicted molar refractivity (Wildman–Crippen MR) is 87.0 cm³/mol. The second-order valence-electron chi connectivity index (χ2n) is 6.20. The number of aryl methyl sites for hydroxylation is 1. The van der Waals surface area contributed by atoms with Crippen LogP contribution in [0, 0.1) is 6.92 Å². The van der Waals surface area contributed by atoms with Crippen LogP contribution < -0.4 is 5.43 Å². The van der Waals surface area contributed by atoms with Gasteiger partial charge in [0.15, 0.2) is 5.75 Å². The molecule has 1 aromatic heterocycles. The number of benzene rings is 1. The largest absolute Gasteiger partial charge is 0.503 e. The zero-order valence-electron chi connectivity index (χ0n) is 13.1. The molecule has 4 heteroatoms. The van der Waals surface area contributed by atoms with Crippen molar-refractivity contribution in [3.8, 4) is 5.75 Å². The van der Waals surface area contributed by atoms with Gasteiger partial charge in [-0.05, 0) is 32.4 Å². The maximum atomic E-state index is 11.9. The first-order chi connectivity index (χ1) is 10.6. The van der Waals surface area contributed by atoms with E-state index in [1.807, 2.05) is 32.2 Å². The van der Waals surface area contributed by atoms with Gasteiger partial charge in [0, 0.05) is 30.9 Å². The zero-order chi connectivity index (χ0) is 15.7. The van der Waals surface area contributed by atoms with Crippen molar-refractivity contribution >= 4 is 0 Å². The standard InChI is InChI=1S/C18H22N2O2/c1-13-10-17(21)18(22)16(20(13)15-8-9-15)12-19(2)11-14-6-4-3-5-7-14/h3-7,10,15,22H,8-9,11-12H2,1-2H3. The number of nitrogens with zero attached hydrogens (tertiary/aromatic N) is 2. The molecule has 1 saturated carbocycles. The lowest BCUT2D eigenvalue weighted by Gasteiger charge is -2.22. The number of pyridine rings is 1. The maximum Gasteiger partial charge on any atom is 0.223 e. The van der Waals surface area contributed by atoms with E-state index in [0.29, 0.717) is 12.6 Å². The molecule has 1 N–H and O–H groups in total. The van der Waals surface area contributed by atoms with Crippen molar-refractivity contribution in [3.63, 3.8) is 0 Å². The van der Waals surface area contributed by atoms with Gasteiger partial charge in [0.25, 0.3) is 0 Å². The van der Waals surface area contributed by atoms with Gasteiger partial charge in [0.05, 0.1) is 5.69 Å². The number of aromatic nitrogens is 1. The SMILES string of the molecule is Cc1cc(=O)c(O)c(CN(C)Cc2ccccc2)n1C1CC1. The topological polar surface area (TPSA) is 45.5 Å². The van der Waals surface area contributed by atoms with E-state index in [0.717, 1.165) is 30.8 Å². The van der Waals surface area contributed by atoms with E-state index in [9.17, 15) is 9.90 Å². The Morgan fingerprint density at radius 2 is 1.91 bits per heavy atom. The van der Waals surface area contributed by atoms with Crippen LogP contribution in [0.15, 0.2) is 41.2 Å². The van der Waals surface area contributed by atoms with Crippen LogP contribution in [0.2, 0.25) is 0 Å². The number of rotatable bonds is 5. The lowest BCUT2D eigenvalue weighted by molar-refractivity contribution is 0.298. The van der Waals surface area contributed by atoms with Crippen molar-refractivity contribution < 1.29 is 5.11 Å². The molecule has 1 aliphatic rings. The minimum atomic E-state index is -0.280. The summed E-state index contributed by atoms with van der Waals surface area (Å²) in [5.74, 6) is -0.0996. The second kappa shape index (κ2) is 5.97. The van der Waals surface area contributed by atoms with E-state index in [2.05, 4.69) is 21.6 Å². The van der Waals surface area contributed by atoms with Crippen LogP contribution in [-0.2, 0) is 13.1 Å². The predicted octanol–water partition coefficient (Wildman–Crippen LogP) is 2.83. The van der Waals surface area contributed by atoms with Crippen molar-refractivity contribution in [2.24, 2.45) is 0 Å². The molecular weight excluding hydrogens is 276 g/mol. The second-order valence-corrected chi connectivity index (χ2v) is 6.20. The van der Waals surface area contributed by atoms with Crippen LogP contribution in [-0.4, -0.2) is 21.6 Å². The van der Waals surface area contributed by atoms with Crippen molar-refractivity contribution in [1.82, 2.24) is 9.47 Å². The van der Waals surface area contributed by atoms with Gasteiger partial charge in [-0.25, -0.2) is 0 Å². The van der Waals surface area contributed by atoms with Gasteiger partial charge in [-0.1, -0.05) is 30.3 Å². The van der Waals surface area contributed by atoms with Crippen LogP contribution in [0.5, 0.6) is 5.75 Å². The summed E-state index contributed by atoms with van der Waals surface area (Å²) in [5.41, 5.74) is 2.62. The third-order valence-corrected chi connectivity index (χ3v) is 4.14. The van der Waals surface area contributed by atoms with Gasteiger partial charge in [-0.2, -0.15) is 0 Å². The molecule has 0 unspecified atom stereocenters. The Morgan fingerprint density at radius 3 is 2.55 bits per heavy atom. The molecule has 0 aliphatic heterocycles. The Hall–Kier alpha value is -2.07. The van der Waals surface area contributed by atoms with Gasteiger partial charge in [-0.15, -0.1) is 0 Å². The molecule has 1 aliphatic carbocycles. The molecule has 0 radical (unpaired) electrons. The third kappa shape index (κ3) is 3.07.